The van der Waals surface area contributed by atoms with Gasteiger partial charge in [-0.15, -0.1) is 0 Å². The lowest BCUT2D eigenvalue weighted by Gasteiger charge is -2.13. The van der Waals surface area contributed by atoms with Gasteiger partial charge in [0.05, 0.1) is 7.11 Å². The molecule has 1 heterocycles. The summed E-state index contributed by atoms with van der Waals surface area (Å²) in [7, 11) is 1.33. The van der Waals surface area contributed by atoms with Gasteiger partial charge in [0, 0.05) is 4.47 Å². The lowest BCUT2D eigenvalue weighted by atomic mass is 10.0. The molecule has 0 saturated heterocycles. The Hall–Kier alpha value is -0.820. The second-order valence-corrected chi connectivity index (χ2v) is 6.19. The van der Waals surface area contributed by atoms with Crippen LogP contribution in [0.25, 0.3) is 0 Å². The molecule has 106 valence electrons. The highest BCUT2D eigenvalue weighted by Gasteiger charge is 2.19. The molecule has 19 heavy (non-hydrogen) atoms. The van der Waals surface area contributed by atoms with Gasteiger partial charge in [-0.2, -0.15) is 4.73 Å². The number of ether oxygens (including phenoxy) is 1. The van der Waals surface area contributed by atoms with Gasteiger partial charge < -0.3 is 9.94 Å². The van der Waals surface area contributed by atoms with Crippen LogP contribution in [-0.4, -0.2) is 29.1 Å². The molecule has 0 aliphatic rings. The average Bonchev–Trinajstić information content (AvgIpc) is 2.32. The molecule has 5 nitrogen and oxygen atoms in total. The Morgan fingerprint density at radius 2 is 2.11 bits per heavy atom. The average molecular weight is 396 g/mol. The maximum absolute atomic E-state index is 11.7. The zero-order chi connectivity index (χ0) is 14.6. The van der Waals surface area contributed by atoms with Crippen molar-refractivity contribution in [2.75, 3.05) is 7.11 Å². The molecule has 0 saturated carbocycles. The fourth-order valence-electron chi connectivity index (χ4n) is 1.55. The Labute approximate surface area is 128 Å². The van der Waals surface area contributed by atoms with Crippen LogP contribution in [0.2, 0.25) is 0 Å². The molecule has 0 radical (unpaired) electrons. The van der Waals surface area contributed by atoms with Crippen molar-refractivity contribution in [1.29, 1.82) is 0 Å². The lowest BCUT2D eigenvalue weighted by Crippen LogP contribution is -2.28. The number of hydrogen-bond donors (Lipinski definition) is 1. The van der Waals surface area contributed by atoms with Gasteiger partial charge in [-0.3, -0.25) is 4.99 Å². The summed E-state index contributed by atoms with van der Waals surface area (Å²) in [5.41, 5.74) is 0.275. The van der Waals surface area contributed by atoms with Crippen molar-refractivity contribution in [1.82, 2.24) is 4.73 Å². The molecule has 1 N–H and O–H groups in total. The minimum Gasteiger partial charge on any atom is -0.467 e. The Morgan fingerprint density at radius 1 is 1.47 bits per heavy atom. The molecule has 0 amide bonds. The summed E-state index contributed by atoms with van der Waals surface area (Å²) in [4.78, 5) is 16.0. The third kappa shape index (κ3) is 4.65. The van der Waals surface area contributed by atoms with Crippen molar-refractivity contribution >= 4 is 37.8 Å². The van der Waals surface area contributed by atoms with Gasteiger partial charge in [-0.05, 0) is 40.4 Å². The largest absolute Gasteiger partial charge is 0.467 e. The van der Waals surface area contributed by atoms with Crippen LogP contribution in [0.5, 0.6) is 0 Å². The first kappa shape index (κ1) is 16.2. The van der Waals surface area contributed by atoms with E-state index in [1.54, 1.807) is 12.1 Å². The number of nitrogens with zero attached hydrogens (tertiary/aromatic N) is 2. The van der Waals surface area contributed by atoms with Gasteiger partial charge in [-0.1, -0.05) is 29.8 Å². The summed E-state index contributed by atoms with van der Waals surface area (Å²) in [6.07, 6.45) is 0.552. The first-order valence-electron chi connectivity index (χ1n) is 5.74. The highest BCUT2D eigenvalue weighted by atomic mass is 79.9. The zero-order valence-electron chi connectivity index (χ0n) is 10.9. The predicted molar refractivity (Wildman–Crippen MR) is 77.8 cm³/mol. The van der Waals surface area contributed by atoms with Crippen molar-refractivity contribution in [3.05, 3.63) is 26.7 Å². The Balaban J connectivity index is 3.25. The van der Waals surface area contributed by atoms with E-state index >= 15 is 0 Å². The Bertz CT molecular complexity index is 526. The summed E-state index contributed by atoms with van der Waals surface area (Å²) in [6.45, 7) is 3.99. The molecule has 0 aliphatic carbocycles. The molecule has 7 heteroatoms. The first-order valence-corrected chi connectivity index (χ1v) is 7.32. The van der Waals surface area contributed by atoms with E-state index in [-0.39, 0.29) is 11.4 Å². The molecule has 1 aromatic rings. The van der Waals surface area contributed by atoms with Gasteiger partial charge >= 0.3 is 5.97 Å². The zero-order valence-corrected chi connectivity index (χ0v) is 14.1. The van der Waals surface area contributed by atoms with Crippen molar-refractivity contribution in [3.63, 3.8) is 0 Å². The first-order chi connectivity index (χ1) is 8.85. The van der Waals surface area contributed by atoms with Gasteiger partial charge in [-0.25, -0.2) is 4.79 Å². The number of carbonyl (C=O) groups is 1. The monoisotopic (exact) mass is 394 g/mol. The van der Waals surface area contributed by atoms with Crippen LogP contribution in [0.4, 0.5) is 0 Å². The standard InChI is InChI=1S/C12H16Br2N2O3/c1-7(2)4-9(12(17)19-3)15-11-6-8(13)5-10(14)16(11)18/h5-7,9,18H,4H2,1-3H3. The van der Waals surface area contributed by atoms with Crippen LogP contribution >= 0.6 is 31.9 Å². The van der Waals surface area contributed by atoms with Crippen molar-refractivity contribution in [2.45, 2.75) is 26.3 Å². The third-order valence-electron chi connectivity index (χ3n) is 2.40. The molecular weight excluding hydrogens is 380 g/mol. The van der Waals surface area contributed by atoms with E-state index in [9.17, 15) is 10.0 Å². The van der Waals surface area contributed by atoms with E-state index in [2.05, 4.69) is 36.9 Å². The number of rotatable bonds is 4. The van der Waals surface area contributed by atoms with Crippen molar-refractivity contribution in [2.24, 2.45) is 10.9 Å². The fourth-order valence-corrected chi connectivity index (χ4v) is 2.70. The third-order valence-corrected chi connectivity index (χ3v) is 3.42. The molecule has 0 aliphatic heterocycles. The number of carbonyl (C=O) groups excluding carboxylic acids is 1. The highest BCUT2D eigenvalue weighted by Crippen LogP contribution is 2.14. The number of aromatic nitrogens is 1. The van der Waals surface area contributed by atoms with E-state index in [0.717, 1.165) is 9.20 Å². The molecule has 0 spiro atoms. The quantitative estimate of drug-likeness (QED) is 0.484. The van der Waals surface area contributed by atoms with Gasteiger partial charge in [0.1, 0.15) is 10.6 Å². The molecule has 0 fully saturated rings. The molecule has 1 aromatic heterocycles. The van der Waals surface area contributed by atoms with E-state index < -0.39 is 12.0 Å². The summed E-state index contributed by atoms with van der Waals surface area (Å²) >= 11 is 6.51. The van der Waals surface area contributed by atoms with E-state index in [4.69, 9.17) is 4.74 Å². The molecule has 0 aromatic carbocycles. The van der Waals surface area contributed by atoms with E-state index in [1.807, 2.05) is 13.8 Å². The Morgan fingerprint density at radius 3 is 2.63 bits per heavy atom. The maximum Gasteiger partial charge on any atom is 0.330 e. The number of halogens is 2. The summed E-state index contributed by atoms with van der Waals surface area (Å²) in [5.74, 6) is -0.125. The maximum atomic E-state index is 11.7. The van der Waals surface area contributed by atoms with Crippen molar-refractivity contribution in [3.8, 4) is 0 Å². The van der Waals surface area contributed by atoms with Crippen molar-refractivity contribution < 1.29 is 14.7 Å². The highest BCUT2D eigenvalue weighted by molar-refractivity contribution is 9.11. The van der Waals surface area contributed by atoms with Gasteiger partial charge in [0.15, 0.2) is 5.49 Å². The number of esters is 1. The van der Waals surface area contributed by atoms with Crippen LogP contribution in [0, 0.1) is 5.92 Å². The predicted octanol–water partition coefficient (Wildman–Crippen LogP) is 2.74. The van der Waals surface area contributed by atoms with Crippen LogP contribution in [0.15, 0.2) is 26.2 Å². The van der Waals surface area contributed by atoms with Crippen LogP contribution in [0.3, 0.4) is 0 Å². The summed E-state index contributed by atoms with van der Waals surface area (Å²) in [5, 5.41) is 9.86. The van der Waals surface area contributed by atoms with Gasteiger partial charge in [0.25, 0.3) is 0 Å². The minimum atomic E-state index is -0.635. The fraction of sp³-hybridized carbons (Fsp3) is 0.500. The second kappa shape index (κ2) is 7.09. The normalized spacial score (nSPS) is 13.7. The Kier molecular flexibility index (Phi) is 6.06. The second-order valence-electron chi connectivity index (χ2n) is 4.46. The number of methoxy groups -OCH3 is 1. The van der Waals surface area contributed by atoms with Crippen LogP contribution in [0.1, 0.15) is 20.3 Å². The minimum absolute atomic E-state index is 0.275. The molecule has 1 atom stereocenters. The van der Waals surface area contributed by atoms with Gasteiger partial charge in [0.2, 0.25) is 0 Å². The molecule has 0 bridgehead atoms. The SMILES string of the molecule is COC(=O)C(CC(C)C)N=c1cc(Br)cc(Br)n1O. The molecule has 1 unspecified atom stereocenters. The number of pyridine rings is 1. The topological polar surface area (TPSA) is 63.8 Å². The smallest absolute Gasteiger partial charge is 0.330 e. The van der Waals surface area contributed by atoms with E-state index in [0.29, 0.717) is 11.0 Å². The number of hydrogen-bond acceptors (Lipinski definition) is 4. The van der Waals surface area contributed by atoms with Crippen LogP contribution < -0.4 is 5.49 Å². The van der Waals surface area contributed by atoms with Crippen LogP contribution in [-0.2, 0) is 9.53 Å². The molecule has 1 rings (SSSR count). The molecular formula is C12H16Br2N2O3. The summed E-state index contributed by atoms with van der Waals surface area (Å²) in [6, 6.07) is 2.67. The lowest BCUT2D eigenvalue weighted by molar-refractivity contribution is -0.142. The summed E-state index contributed by atoms with van der Waals surface area (Å²) < 4.78 is 6.80. The van der Waals surface area contributed by atoms with E-state index in [1.165, 1.54) is 7.11 Å².